The van der Waals surface area contributed by atoms with Gasteiger partial charge < -0.3 is 15.0 Å². The molecular formula is C13H20N4O2. The molecule has 0 saturated carbocycles. The van der Waals surface area contributed by atoms with Crippen LogP contribution in [0.3, 0.4) is 0 Å². The second kappa shape index (κ2) is 6.47. The lowest BCUT2D eigenvalue weighted by Gasteiger charge is -2.21. The van der Waals surface area contributed by atoms with Crippen LogP contribution < -0.4 is 5.32 Å². The van der Waals surface area contributed by atoms with Gasteiger partial charge in [0.2, 0.25) is 0 Å². The molecule has 0 spiro atoms. The number of hydrogen-bond donors (Lipinski definition) is 1. The summed E-state index contributed by atoms with van der Waals surface area (Å²) in [6.45, 7) is 5.48. The Morgan fingerprint density at radius 2 is 2.16 bits per heavy atom. The largest absolute Gasteiger partial charge is 0.464 e. The van der Waals surface area contributed by atoms with Crippen LogP contribution in [0.2, 0.25) is 0 Å². The van der Waals surface area contributed by atoms with Crippen molar-refractivity contribution in [2.45, 2.75) is 25.8 Å². The highest BCUT2D eigenvalue weighted by molar-refractivity contribution is 5.86. The molecule has 1 unspecified atom stereocenters. The van der Waals surface area contributed by atoms with Crippen molar-refractivity contribution in [3.8, 4) is 0 Å². The molecule has 1 N–H and O–H groups in total. The van der Waals surface area contributed by atoms with Crippen LogP contribution in [-0.4, -0.2) is 53.6 Å². The summed E-state index contributed by atoms with van der Waals surface area (Å²) in [7, 11) is 1.33. The van der Waals surface area contributed by atoms with E-state index in [1.165, 1.54) is 39.2 Å². The summed E-state index contributed by atoms with van der Waals surface area (Å²) in [5, 5.41) is 3.29. The van der Waals surface area contributed by atoms with Crippen molar-refractivity contribution in [2.24, 2.45) is 0 Å². The molecule has 1 saturated heterocycles. The van der Waals surface area contributed by atoms with E-state index in [4.69, 9.17) is 0 Å². The van der Waals surface area contributed by atoms with E-state index in [2.05, 4.69) is 31.8 Å². The number of nitrogens with one attached hydrogen (secondary N) is 1. The van der Waals surface area contributed by atoms with Gasteiger partial charge in [0.1, 0.15) is 5.82 Å². The van der Waals surface area contributed by atoms with E-state index in [0.29, 0.717) is 11.9 Å². The van der Waals surface area contributed by atoms with Crippen LogP contribution in [0.5, 0.6) is 0 Å². The fourth-order valence-electron chi connectivity index (χ4n) is 2.26. The maximum absolute atomic E-state index is 11.2. The molecule has 0 amide bonds. The number of anilines is 1. The molecule has 1 aliphatic rings. The van der Waals surface area contributed by atoms with Crippen LogP contribution >= 0.6 is 0 Å². The second-order valence-corrected chi connectivity index (χ2v) is 4.83. The first-order chi connectivity index (χ1) is 9.19. The lowest BCUT2D eigenvalue weighted by atomic mass is 10.3. The number of carbonyl (C=O) groups is 1. The van der Waals surface area contributed by atoms with Crippen LogP contribution in [0, 0.1) is 0 Å². The third kappa shape index (κ3) is 3.89. The predicted molar refractivity (Wildman–Crippen MR) is 72.1 cm³/mol. The van der Waals surface area contributed by atoms with Gasteiger partial charge in [0.05, 0.1) is 19.5 Å². The van der Waals surface area contributed by atoms with E-state index in [9.17, 15) is 4.79 Å². The lowest BCUT2D eigenvalue weighted by Crippen LogP contribution is -2.33. The molecule has 2 heterocycles. The van der Waals surface area contributed by atoms with Crippen molar-refractivity contribution in [1.82, 2.24) is 14.9 Å². The average molecular weight is 264 g/mol. The summed E-state index contributed by atoms with van der Waals surface area (Å²) in [4.78, 5) is 21.9. The molecule has 0 bridgehead atoms. The molecule has 19 heavy (non-hydrogen) atoms. The Bertz CT molecular complexity index is 415. The number of rotatable bonds is 5. The summed E-state index contributed by atoms with van der Waals surface area (Å²) in [5.41, 5.74) is 0.222. The molecule has 1 aromatic rings. The highest BCUT2D eigenvalue weighted by Crippen LogP contribution is 2.10. The highest BCUT2D eigenvalue weighted by Gasteiger charge is 2.15. The molecule has 1 aromatic heterocycles. The maximum atomic E-state index is 11.2. The SMILES string of the molecule is COC(=O)c1cnc(NC(C)CN2CCCC2)cn1. The van der Waals surface area contributed by atoms with Crippen molar-refractivity contribution in [3.05, 3.63) is 18.1 Å². The Hall–Kier alpha value is -1.69. The molecular weight excluding hydrogens is 244 g/mol. The van der Waals surface area contributed by atoms with Crippen molar-refractivity contribution >= 4 is 11.8 Å². The first-order valence-corrected chi connectivity index (χ1v) is 6.58. The number of ether oxygens (including phenoxy) is 1. The molecule has 104 valence electrons. The van der Waals surface area contributed by atoms with Crippen molar-refractivity contribution in [2.75, 3.05) is 32.1 Å². The standard InChI is InChI=1S/C13H20N4O2/c1-10(9-17-5-3-4-6-17)16-12-8-14-11(7-15-12)13(18)19-2/h7-8,10H,3-6,9H2,1-2H3,(H,15,16). The molecule has 1 aliphatic heterocycles. The highest BCUT2D eigenvalue weighted by atomic mass is 16.5. The van der Waals surface area contributed by atoms with Crippen LogP contribution in [0.25, 0.3) is 0 Å². The molecule has 6 nitrogen and oxygen atoms in total. The van der Waals surface area contributed by atoms with Crippen LogP contribution in [0.1, 0.15) is 30.3 Å². The number of hydrogen-bond acceptors (Lipinski definition) is 6. The zero-order chi connectivity index (χ0) is 13.7. The van der Waals surface area contributed by atoms with Crippen molar-refractivity contribution in [1.29, 1.82) is 0 Å². The predicted octanol–water partition coefficient (Wildman–Crippen LogP) is 1.16. The van der Waals surface area contributed by atoms with E-state index >= 15 is 0 Å². The van der Waals surface area contributed by atoms with Gasteiger partial charge in [0.15, 0.2) is 5.69 Å². The molecule has 0 radical (unpaired) electrons. The van der Waals surface area contributed by atoms with Gasteiger partial charge in [-0.1, -0.05) is 0 Å². The van der Waals surface area contributed by atoms with Gasteiger partial charge in [0, 0.05) is 12.6 Å². The van der Waals surface area contributed by atoms with Crippen molar-refractivity contribution < 1.29 is 9.53 Å². The number of esters is 1. The smallest absolute Gasteiger partial charge is 0.358 e. The first-order valence-electron chi connectivity index (χ1n) is 6.58. The molecule has 0 aromatic carbocycles. The third-order valence-electron chi connectivity index (χ3n) is 3.17. The molecule has 0 aliphatic carbocycles. The quantitative estimate of drug-likeness (QED) is 0.805. The van der Waals surface area contributed by atoms with E-state index < -0.39 is 5.97 Å². The lowest BCUT2D eigenvalue weighted by molar-refractivity contribution is 0.0593. The van der Waals surface area contributed by atoms with E-state index in [1.54, 1.807) is 6.20 Å². The first kappa shape index (κ1) is 13.7. The summed E-state index contributed by atoms with van der Waals surface area (Å²) in [6.07, 6.45) is 5.57. The Balaban J connectivity index is 1.86. The van der Waals surface area contributed by atoms with E-state index in [1.807, 2.05) is 0 Å². The van der Waals surface area contributed by atoms with Crippen molar-refractivity contribution in [3.63, 3.8) is 0 Å². The summed E-state index contributed by atoms with van der Waals surface area (Å²) >= 11 is 0. The Kier molecular flexibility index (Phi) is 4.68. The minimum absolute atomic E-state index is 0.222. The van der Waals surface area contributed by atoms with Gasteiger partial charge in [-0.2, -0.15) is 0 Å². The number of nitrogens with zero attached hydrogens (tertiary/aromatic N) is 3. The van der Waals surface area contributed by atoms with Gasteiger partial charge in [-0.25, -0.2) is 14.8 Å². The second-order valence-electron chi connectivity index (χ2n) is 4.83. The average Bonchev–Trinajstić information content (AvgIpc) is 2.91. The number of likely N-dealkylation sites (tertiary alicyclic amines) is 1. The van der Waals surface area contributed by atoms with Gasteiger partial charge >= 0.3 is 5.97 Å². The van der Waals surface area contributed by atoms with Crippen LogP contribution in [0.4, 0.5) is 5.82 Å². The van der Waals surface area contributed by atoms with Gasteiger partial charge in [0.25, 0.3) is 0 Å². The number of aromatic nitrogens is 2. The fraction of sp³-hybridized carbons (Fsp3) is 0.615. The maximum Gasteiger partial charge on any atom is 0.358 e. The Morgan fingerprint density at radius 3 is 2.74 bits per heavy atom. The molecule has 1 fully saturated rings. The molecule has 6 heteroatoms. The minimum atomic E-state index is -0.468. The number of methoxy groups -OCH3 is 1. The summed E-state index contributed by atoms with van der Waals surface area (Å²) < 4.78 is 4.58. The fourth-order valence-corrected chi connectivity index (χ4v) is 2.26. The van der Waals surface area contributed by atoms with Gasteiger partial charge in [-0.3, -0.25) is 0 Å². The monoisotopic (exact) mass is 264 g/mol. The minimum Gasteiger partial charge on any atom is -0.464 e. The summed E-state index contributed by atoms with van der Waals surface area (Å²) in [5.74, 6) is 0.212. The summed E-state index contributed by atoms with van der Waals surface area (Å²) in [6, 6.07) is 0.302. The number of carbonyl (C=O) groups excluding carboxylic acids is 1. The molecule has 1 atom stereocenters. The Labute approximate surface area is 113 Å². The van der Waals surface area contributed by atoms with Crippen LogP contribution in [0.15, 0.2) is 12.4 Å². The molecule has 2 rings (SSSR count). The third-order valence-corrected chi connectivity index (χ3v) is 3.17. The topological polar surface area (TPSA) is 67.3 Å². The zero-order valence-electron chi connectivity index (χ0n) is 11.4. The van der Waals surface area contributed by atoms with Gasteiger partial charge in [-0.05, 0) is 32.9 Å². The van der Waals surface area contributed by atoms with Crippen LogP contribution in [-0.2, 0) is 4.74 Å². The van der Waals surface area contributed by atoms with E-state index in [-0.39, 0.29) is 5.69 Å². The van der Waals surface area contributed by atoms with Gasteiger partial charge in [-0.15, -0.1) is 0 Å². The van der Waals surface area contributed by atoms with E-state index in [0.717, 1.165) is 6.54 Å². The Morgan fingerprint density at radius 1 is 1.42 bits per heavy atom. The zero-order valence-corrected chi connectivity index (χ0v) is 11.4. The normalized spacial score (nSPS) is 17.2.